The number of nitrogens with zero attached hydrogens (tertiary/aromatic N) is 1. The maximum Gasteiger partial charge on any atom is 0.488 e. The molecular formula is C9H12BNO4. The zero-order chi connectivity index (χ0) is 11.4. The first-order chi connectivity index (χ1) is 7.00. The molecule has 1 aromatic rings. The van der Waals surface area contributed by atoms with Gasteiger partial charge in [0.15, 0.2) is 0 Å². The molecule has 0 aliphatic heterocycles. The van der Waals surface area contributed by atoms with Gasteiger partial charge in [0.25, 0.3) is 0 Å². The predicted molar refractivity (Wildman–Crippen MR) is 56.0 cm³/mol. The lowest BCUT2D eigenvalue weighted by Gasteiger charge is -2.10. The quantitative estimate of drug-likeness (QED) is 0.639. The van der Waals surface area contributed by atoms with Crippen molar-refractivity contribution in [2.75, 3.05) is 14.1 Å². The highest BCUT2D eigenvalue weighted by atomic mass is 16.6. The van der Waals surface area contributed by atoms with Gasteiger partial charge in [0, 0.05) is 14.1 Å². The summed E-state index contributed by atoms with van der Waals surface area (Å²) in [4.78, 5) is 12.4. The number of ether oxygens (including phenoxy) is 1. The van der Waals surface area contributed by atoms with E-state index in [0.717, 1.165) is 0 Å². The molecule has 0 spiro atoms. The van der Waals surface area contributed by atoms with E-state index < -0.39 is 13.2 Å². The third-order valence-electron chi connectivity index (χ3n) is 1.75. The summed E-state index contributed by atoms with van der Waals surface area (Å²) in [5, 5.41) is 17.6. The molecule has 0 saturated carbocycles. The molecule has 0 aliphatic rings. The Labute approximate surface area is 88.0 Å². The van der Waals surface area contributed by atoms with Crippen LogP contribution in [0, 0.1) is 0 Å². The Morgan fingerprint density at radius 1 is 1.27 bits per heavy atom. The lowest BCUT2D eigenvalue weighted by molar-refractivity contribution is 0.172. The van der Waals surface area contributed by atoms with Crippen LogP contribution in [-0.4, -0.2) is 42.3 Å². The van der Waals surface area contributed by atoms with Gasteiger partial charge in [-0.3, -0.25) is 0 Å². The van der Waals surface area contributed by atoms with Crippen LogP contribution >= 0.6 is 0 Å². The molecule has 1 aromatic carbocycles. The molecule has 1 amide bonds. The first kappa shape index (κ1) is 11.5. The number of rotatable bonds is 2. The summed E-state index contributed by atoms with van der Waals surface area (Å²) < 4.78 is 4.93. The van der Waals surface area contributed by atoms with Crippen molar-refractivity contribution in [3.8, 4) is 5.75 Å². The second kappa shape index (κ2) is 4.81. The zero-order valence-electron chi connectivity index (χ0n) is 8.54. The van der Waals surface area contributed by atoms with Crippen LogP contribution in [0.15, 0.2) is 24.3 Å². The van der Waals surface area contributed by atoms with Crippen molar-refractivity contribution in [1.82, 2.24) is 4.90 Å². The average Bonchev–Trinajstić information content (AvgIpc) is 2.18. The lowest BCUT2D eigenvalue weighted by Crippen LogP contribution is -2.29. The van der Waals surface area contributed by atoms with Crippen molar-refractivity contribution < 1.29 is 19.6 Å². The van der Waals surface area contributed by atoms with E-state index in [2.05, 4.69) is 0 Å². The highest BCUT2D eigenvalue weighted by molar-refractivity contribution is 6.58. The number of hydrogen-bond acceptors (Lipinski definition) is 4. The van der Waals surface area contributed by atoms with Gasteiger partial charge in [-0.25, -0.2) is 4.79 Å². The molecule has 0 bridgehead atoms. The fourth-order valence-electron chi connectivity index (χ4n) is 0.900. The Kier molecular flexibility index (Phi) is 3.71. The van der Waals surface area contributed by atoms with E-state index in [4.69, 9.17) is 14.8 Å². The predicted octanol–water partition coefficient (Wildman–Crippen LogP) is -0.573. The van der Waals surface area contributed by atoms with Gasteiger partial charge in [0.05, 0.1) is 0 Å². The van der Waals surface area contributed by atoms with E-state index in [9.17, 15) is 4.79 Å². The van der Waals surface area contributed by atoms with Crippen LogP contribution in [0.5, 0.6) is 5.75 Å². The molecule has 0 fully saturated rings. The molecule has 0 heterocycles. The summed E-state index contributed by atoms with van der Waals surface area (Å²) in [6.45, 7) is 0. The highest BCUT2D eigenvalue weighted by Crippen LogP contribution is 2.08. The van der Waals surface area contributed by atoms with E-state index in [1.807, 2.05) is 0 Å². The van der Waals surface area contributed by atoms with E-state index in [1.54, 1.807) is 14.1 Å². The molecule has 6 heteroatoms. The Hall–Kier alpha value is -1.53. The molecule has 2 N–H and O–H groups in total. The van der Waals surface area contributed by atoms with Crippen LogP contribution in [0.3, 0.4) is 0 Å². The Balaban J connectivity index is 2.69. The lowest BCUT2D eigenvalue weighted by atomic mass is 9.80. The van der Waals surface area contributed by atoms with Crippen molar-refractivity contribution in [1.29, 1.82) is 0 Å². The van der Waals surface area contributed by atoms with E-state index >= 15 is 0 Å². The van der Waals surface area contributed by atoms with Gasteiger partial charge in [0.2, 0.25) is 0 Å². The highest BCUT2D eigenvalue weighted by Gasteiger charge is 2.11. The summed E-state index contributed by atoms with van der Waals surface area (Å²) in [7, 11) is 1.64. The summed E-state index contributed by atoms with van der Waals surface area (Å²) in [6.07, 6.45) is -0.479. The molecule has 0 unspecified atom stereocenters. The molecule has 0 atom stereocenters. The molecule has 5 nitrogen and oxygen atoms in total. The molecule has 80 valence electrons. The van der Waals surface area contributed by atoms with Gasteiger partial charge in [-0.15, -0.1) is 0 Å². The number of carbonyl (C=O) groups is 1. The maximum absolute atomic E-state index is 11.1. The first-order valence-electron chi connectivity index (χ1n) is 4.36. The normalized spacial score (nSPS) is 9.60. The Morgan fingerprint density at radius 3 is 2.20 bits per heavy atom. The topological polar surface area (TPSA) is 70.0 Å². The molecule has 0 aromatic heterocycles. The monoisotopic (exact) mass is 209 g/mol. The summed E-state index contributed by atoms with van der Waals surface area (Å²) in [6, 6.07) is 5.94. The van der Waals surface area contributed by atoms with Crippen LogP contribution in [0.1, 0.15) is 0 Å². The number of carbonyl (C=O) groups excluding carboxylic acids is 1. The summed E-state index contributed by atoms with van der Waals surface area (Å²) >= 11 is 0. The van der Waals surface area contributed by atoms with Gasteiger partial charge >= 0.3 is 13.2 Å². The van der Waals surface area contributed by atoms with E-state index in [1.165, 1.54) is 29.2 Å². The van der Waals surface area contributed by atoms with Crippen LogP contribution in [0.25, 0.3) is 0 Å². The van der Waals surface area contributed by atoms with Crippen molar-refractivity contribution in [3.63, 3.8) is 0 Å². The minimum atomic E-state index is -1.51. The standard InChI is InChI=1S/C9H12BNO4/c1-11(2)9(12)15-8-5-3-7(4-6-8)10(13)14/h3-6,13-14H,1-2H3. The minimum absolute atomic E-state index is 0.347. The van der Waals surface area contributed by atoms with Gasteiger partial charge in [-0.2, -0.15) is 0 Å². The van der Waals surface area contributed by atoms with E-state index in [-0.39, 0.29) is 0 Å². The molecule has 15 heavy (non-hydrogen) atoms. The van der Waals surface area contributed by atoms with Crippen molar-refractivity contribution in [2.24, 2.45) is 0 Å². The van der Waals surface area contributed by atoms with Gasteiger partial charge in [0.1, 0.15) is 5.75 Å². The average molecular weight is 209 g/mol. The summed E-state index contributed by atoms with van der Waals surface area (Å²) in [5.41, 5.74) is 0.347. The second-order valence-electron chi connectivity index (χ2n) is 3.21. The smallest absolute Gasteiger partial charge is 0.423 e. The van der Waals surface area contributed by atoms with Gasteiger partial charge in [-0.05, 0) is 17.6 Å². The number of hydrogen-bond donors (Lipinski definition) is 2. The van der Waals surface area contributed by atoms with Crippen LogP contribution in [-0.2, 0) is 0 Å². The molecule has 0 saturated heterocycles. The van der Waals surface area contributed by atoms with E-state index in [0.29, 0.717) is 11.2 Å². The Morgan fingerprint density at radius 2 is 1.80 bits per heavy atom. The third-order valence-corrected chi connectivity index (χ3v) is 1.75. The number of amides is 1. The molecule has 0 radical (unpaired) electrons. The minimum Gasteiger partial charge on any atom is -0.423 e. The second-order valence-corrected chi connectivity index (χ2v) is 3.21. The van der Waals surface area contributed by atoms with Crippen LogP contribution in [0.2, 0.25) is 0 Å². The largest absolute Gasteiger partial charge is 0.488 e. The van der Waals surface area contributed by atoms with Crippen molar-refractivity contribution in [2.45, 2.75) is 0 Å². The fourth-order valence-corrected chi connectivity index (χ4v) is 0.900. The molecule has 1 rings (SSSR count). The number of benzene rings is 1. The fraction of sp³-hybridized carbons (Fsp3) is 0.222. The van der Waals surface area contributed by atoms with Crippen LogP contribution in [0.4, 0.5) is 4.79 Å². The first-order valence-corrected chi connectivity index (χ1v) is 4.36. The van der Waals surface area contributed by atoms with Gasteiger partial charge < -0.3 is 19.7 Å². The van der Waals surface area contributed by atoms with Gasteiger partial charge in [-0.1, -0.05) is 12.1 Å². The molecular weight excluding hydrogens is 197 g/mol. The zero-order valence-corrected chi connectivity index (χ0v) is 8.54. The van der Waals surface area contributed by atoms with Crippen molar-refractivity contribution in [3.05, 3.63) is 24.3 Å². The van der Waals surface area contributed by atoms with Crippen LogP contribution < -0.4 is 10.2 Å². The summed E-state index contributed by atoms with van der Waals surface area (Å²) in [5.74, 6) is 0.359. The Bertz CT molecular complexity index is 336. The SMILES string of the molecule is CN(C)C(=O)Oc1ccc(B(O)O)cc1. The van der Waals surface area contributed by atoms with Crippen molar-refractivity contribution >= 4 is 18.7 Å². The third kappa shape index (κ3) is 3.27. The molecule has 0 aliphatic carbocycles. The maximum atomic E-state index is 11.1.